The Kier molecular flexibility index (Phi) is 3.44. The number of benzene rings is 1. The van der Waals surface area contributed by atoms with Crippen LogP contribution in [-0.2, 0) is 24.2 Å². The molecule has 0 aliphatic heterocycles. The van der Waals surface area contributed by atoms with Gasteiger partial charge in [-0.1, -0.05) is 6.07 Å². The molecule has 1 aliphatic rings. The first-order valence-corrected chi connectivity index (χ1v) is 5.87. The van der Waals surface area contributed by atoms with Gasteiger partial charge in [0, 0.05) is 6.54 Å². The molecule has 0 radical (unpaired) electrons. The van der Waals surface area contributed by atoms with Crippen LogP contribution in [0.5, 0.6) is 0 Å². The normalized spacial score (nSPS) is 13.6. The Morgan fingerprint density at radius 3 is 2.88 bits per heavy atom. The molecular formula is C12H13ClFNO. The first-order valence-electron chi connectivity index (χ1n) is 5.34. The highest BCUT2D eigenvalue weighted by Gasteiger charge is 2.18. The largest absolute Gasteiger partial charge is 0.351 e. The maximum Gasteiger partial charge on any atom is 0.235 e. The molecule has 1 amide bonds. The molecule has 0 saturated carbocycles. The van der Waals surface area contributed by atoms with Gasteiger partial charge in [-0.15, -0.1) is 11.6 Å². The second-order valence-corrected chi connectivity index (χ2v) is 4.19. The third-order valence-electron chi connectivity index (χ3n) is 2.92. The molecule has 0 fully saturated rings. The molecular weight excluding hydrogens is 229 g/mol. The SMILES string of the molecule is O=C(CCl)NCc1ccc(F)c2c1CCC2. The van der Waals surface area contributed by atoms with Gasteiger partial charge >= 0.3 is 0 Å². The van der Waals surface area contributed by atoms with Crippen molar-refractivity contribution in [2.75, 3.05) is 5.88 Å². The molecule has 0 bridgehead atoms. The zero-order chi connectivity index (χ0) is 11.5. The lowest BCUT2D eigenvalue weighted by Crippen LogP contribution is -2.24. The molecule has 1 aliphatic carbocycles. The third-order valence-corrected chi connectivity index (χ3v) is 3.16. The van der Waals surface area contributed by atoms with Crippen LogP contribution in [0.15, 0.2) is 12.1 Å². The number of hydrogen-bond donors (Lipinski definition) is 1. The van der Waals surface area contributed by atoms with Crippen molar-refractivity contribution in [1.82, 2.24) is 5.32 Å². The van der Waals surface area contributed by atoms with Crippen molar-refractivity contribution < 1.29 is 9.18 Å². The van der Waals surface area contributed by atoms with Gasteiger partial charge in [-0.2, -0.15) is 0 Å². The summed E-state index contributed by atoms with van der Waals surface area (Å²) in [5.74, 6) is -0.360. The summed E-state index contributed by atoms with van der Waals surface area (Å²) in [5, 5.41) is 2.70. The number of nitrogens with one attached hydrogen (secondary N) is 1. The molecule has 0 spiro atoms. The van der Waals surface area contributed by atoms with Gasteiger partial charge < -0.3 is 5.32 Å². The van der Waals surface area contributed by atoms with E-state index < -0.39 is 0 Å². The van der Waals surface area contributed by atoms with E-state index in [2.05, 4.69) is 5.32 Å². The van der Waals surface area contributed by atoms with E-state index in [0.717, 1.165) is 36.0 Å². The summed E-state index contributed by atoms with van der Waals surface area (Å²) >= 11 is 5.39. The summed E-state index contributed by atoms with van der Waals surface area (Å²) in [6, 6.07) is 3.22. The second kappa shape index (κ2) is 4.83. The molecule has 1 aromatic carbocycles. The minimum absolute atomic E-state index is 0.0383. The first kappa shape index (κ1) is 11.4. The Balaban J connectivity index is 2.16. The fourth-order valence-electron chi connectivity index (χ4n) is 2.14. The Labute approximate surface area is 98.8 Å². The molecule has 2 rings (SSSR count). The van der Waals surface area contributed by atoms with Gasteiger partial charge in [0.2, 0.25) is 5.91 Å². The summed E-state index contributed by atoms with van der Waals surface area (Å²) in [4.78, 5) is 11.0. The lowest BCUT2D eigenvalue weighted by Gasteiger charge is -2.09. The van der Waals surface area contributed by atoms with Crippen molar-refractivity contribution in [2.45, 2.75) is 25.8 Å². The van der Waals surface area contributed by atoms with Crippen LogP contribution < -0.4 is 5.32 Å². The molecule has 4 heteroatoms. The Hall–Kier alpha value is -1.09. The van der Waals surface area contributed by atoms with Gasteiger partial charge in [-0.05, 0) is 42.0 Å². The number of hydrogen-bond acceptors (Lipinski definition) is 1. The van der Waals surface area contributed by atoms with Crippen LogP contribution in [-0.4, -0.2) is 11.8 Å². The van der Waals surface area contributed by atoms with Crippen molar-refractivity contribution >= 4 is 17.5 Å². The number of halogens is 2. The number of carbonyl (C=O) groups is 1. The van der Waals surface area contributed by atoms with Crippen LogP contribution in [0.1, 0.15) is 23.1 Å². The van der Waals surface area contributed by atoms with Gasteiger partial charge in [-0.3, -0.25) is 4.79 Å². The number of amides is 1. The Morgan fingerprint density at radius 2 is 2.12 bits per heavy atom. The third kappa shape index (κ3) is 2.19. The molecule has 16 heavy (non-hydrogen) atoms. The summed E-state index contributed by atoms with van der Waals surface area (Å²) in [5.41, 5.74) is 2.89. The van der Waals surface area contributed by atoms with Crippen LogP contribution in [0.4, 0.5) is 4.39 Å². The van der Waals surface area contributed by atoms with E-state index in [9.17, 15) is 9.18 Å². The van der Waals surface area contributed by atoms with E-state index in [-0.39, 0.29) is 17.6 Å². The summed E-state index contributed by atoms with van der Waals surface area (Å²) in [7, 11) is 0. The quantitative estimate of drug-likeness (QED) is 0.808. The number of carbonyl (C=O) groups excluding carboxylic acids is 1. The summed E-state index contributed by atoms with van der Waals surface area (Å²) in [6.45, 7) is 0.439. The van der Waals surface area contributed by atoms with Crippen LogP contribution in [0, 0.1) is 5.82 Å². The standard InChI is InChI=1S/C12H13ClFNO/c13-6-12(16)15-7-8-4-5-11(14)10-3-1-2-9(8)10/h4-5H,1-3,6-7H2,(H,15,16). The lowest BCUT2D eigenvalue weighted by atomic mass is 10.0. The Morgan fingerprint density at radius 1 is 1.38 bits per heavy atom. The molecule has 0 heterocycles. The highest BCUT2D eigenvalue weighted by Crippen LogP contribution is 2.27. The molecule has 2 nitrogen and oxygen atoms in total. The van der Waals surface area contributed by atoms with Crippen molar-refractivity contribution in [2.24, 2.45) is 0 Å². The van der Waals surface area contributed by atoms with Crippen molar-refractivity contribution in [3.63, 3.8) is 0 Å². The second-order valence-electron chi connectivity index (χ2n) is 3.93. The molecule has 0 atom stereocenters. The zero-order valence-corrected chi connectivity index (χ0v) is 9.61. The minimum Gasteiger partial charge on any atom is -0.351 e. The maximum atomic E-state index is 13.4. The predicted octanol–water partition coefficient (Wildman–Crippen LogP) is 2.17. The fourth-order valence-corrected chi connectivity index (χ4v) is 2.24. The maximum absolute atomic E-state index is 13.4. The fraction of sp³-hybridized carbons (Fsp3) is 0.417. The summed E-state index contributed by atoms with van der Waals surface area (Å²) in [6.07, 6.45) is 2.70. The van der Waals surface area contributed by atoms with Crippen molar-refractivity contribution in [3.8, 4) is 0 Å². The monoisotopic (exact) mass is 241 g/mol. The highest BCUT2D eigenvalue weighted by molar-refractivity contribution is 6.27. The van der Waals surface area contributed by atoms with Gasteiger partial charge in [0.25, 0.3) is 0 Å². The molecule has 1 aromatic rings. The van der Waals surface area contributed by atoms with E-state index in [1.165, 1.54) is 6.07 Å². The summed E-state index contributed by atoms with van der Waals surface area (Å²) < 4.78 is 13.4. The number of fused-ring (bicyclic) bond motifs is 1. The molecule has 0 saturated heterocycles. The minimum atomic E-state index is -0.197. The van der Waals surface area contributed by atoms with E-state index >= 15 is 0 Å². The topological polar surface area (TPSA) is 29.1 Å². The molecule has 1 N–H and O–H groups in total. The van der Waals surface area contributed by atoms with Crippen molar-refractivity contribution in [1.29, 1.82) is 0 Å². The van der Waals surface area contributed by atoms with Crippen LogP contribution in [0.3, 0.4) is 0 Å². The van der Waals surface area contributed by atoms with Gasteiger partial charge in [0.05, 0.1) is 0 Å². The van der Waals surface area contributed by atoms with Gasteiger partial charge in [0.1, 0.15) is 11.7 Å². The lowest BCUT2D eigenvalue weighted by molar-refractivity contribution is -0.118. The average Bonchev–Trinajstić information content (AvgIpc) is 2.77. The van der Waals surface area contributed by atoms with Crippen molar-refractivity contribution in [3.05, 3.63) is 34.6 Å². The predicted molar refractivity (Wildman–Crippen MR) is 61.0 cm³/mol. The van der Waals surface area contributed by atoms with E-state index in [0.29, 0.717) is 6.54 Å². The zero-order valence-electron chi connectivity index (χ0n) is 8.85. The molecule has 0 aromatic heterocycles. The average molecular weight is 242 g/mol. The van der Waals surface area contributed by atoms with E-state index in [1.54, 1.807) is 6.07 Å². The first-order chi connectivity index (χ1) is 7.72. The number of alkyl halides is 1. The molecule has 0 unspecified atom stereocenters. The number of rotatable bonds is 3. The van der Waals surface area contributed by atoms with E-state index in [1.807, 2.05) is 0 Å². The van der Waals surface area contributed by atoms with Gasteiger partial charge in [0.15, 0.2) is 0 Å². The smallest absolute Gasteiger partial charge is 0.235 e. The van der Waals surface area contributed by atoms with E-state index in [4.69, 9.17) is 11.6 Å². The Bertz CT molecular complexity index is 420. The van der Waals surface area contributed by atoms with Crippen LogP contribution in [0.2, 0.25) is 0 Å². The molecule has 86 valence electrons. The van der Waals surface area contributed by atoms with Gasteiger partial charge in [-0.25, -0.2) is 4.39 Å². The van der Waals surface area contributed by atoms with Crippen LogP contribution >= 0.6 is 11.6 Å². The van der Waals surface area contributed by atoms with Crippen LogP contribution in [0.25, 0.3) is 0 Å². The highest BCUT2D eigenvalue weighted by atomic mass is 35.5.